The molecule has 0 saturated carbocycles. The van der Waals surface area contributed by atoms with Crippen molar-refractivity contribution in [1.82, 2.24) is 15.1 Å². The Labute approximate surface area is 128 Å². The fourth-order valence-electron chi connectivity index (χ4n) is 2.46. The number of rotatable bonds is 3. The predicted molar refractivity (Wildman–Crippen MR) is 81.4 cm³/mol. The lowest BCUT2D eigenvalue weighted by atomic mass is 10.1. The highest BCUT2D eigenvalue weighted by atomic mass is 16.2. The first-order valence-corrected chi connectivity index (χ1v) is 7.11. The first-order chi connectivity index (χ1) is 10.8. The van der Waals surface area contributed by atoms with Crippen molar-refractivity contribution in [2.24, 2.45) is 5.92 Å². The van der Waals surface area contributed by atoms with E-state index in [1.807, 2.05) is 36.4 Å². The number of benzene rings is 1. The van der Waals surface area contributed by atoms with E-state index in [0.29, 0.717) is 25.3 Å². The minimum atomic E-state index is -0.171. The van der Waals surface area contributed by atoms with Gasteiger partial charge in [0.15, 0.2) is 12.0 Å². The standard InChI is InChI=1S/C16H15N5O/c17-11-21-9-8-13(10-21)16(22)18-15-7-6-14(19-20-15)12-4-2-1-3-5-12/h1-7,13H,8-10H2,(H,18,20,22). The number of anilines is 1. The van der Waals surface area contributed by atoms with Gasteiger partial charge in [0.05, 0.1) is 11.6 Å². The summed E-state index contributed by atoms with van der Waals surface area (Å²) in [5.41, 5.74) is 1.74. The summed E-state index contributed by atoms with van der Waals surface area (Å²) in [6.07, 6.45) is 2.75. The monoisotopic (exact) mass is 293 g/mol. The molecule has 1 aromatic carbocycles. The molecule has 1 aliphatic heterocycles. The lowest BCUT2D eigenvalue weighted by Crippen LogP contribution is -2.25. The van der Waals surface area contributed by atoms with Crippen molar-refractivity contribution in [3.8, 4) is 17.5 Å². The fraction of sp³-hybridized carbons (Fsp3) is 0.250. The molecule has 1 atom stereocenters. The largest absolute Gasteiger partial charge is 0.310 e. The number of aromatic nitrogens is 2. The molecule has 0 radical (unpaired) electrons. The highest BCUT2D eigenvalue weighted by molar-refractivity contribution is 5.92. The Hall–Kier alpha value is -2.94. The first-order valence-electron chi connectivity index (χ1n) is 7.11. The molecule has 0 spiro atoms. The summed E-state index contributed by atoms with van der Waals surface area (Å²) in [5, 5.41) is 19.8. The Balaban J connectivity index is 1.64. The molecule has 1 fully saturated rings. The molecule has 3 rings (SSSR count). The molecule has 2 aromatic rings. The fourth-order valence-corrected chi connectivity index (χ4v) is 2.46. The van der Waals surface area contributed by atoms with Gasteiger partial charge in [-0.3, -0.25) is 4.79 Å². The van der Waals surface area contributed by atoms with Crippen LogP contribution in [0.3, 0.4) is 0 Å². The minimum absolute atomic E-state index is 0.112. The van der Waals surface area contributed by atoms with E-state index in [0.717, 1.165) is 11.3 Å². The molecule has 1 amide bonds. The van der Waals surface area contributed by atoms with E-state index in [-0.39, 0.29) is 11.8 Å². The second-order valence-corrected chi connectivity index (χ2v) is 5.19. The summed E-state index contributed by atoms with van der Waals surface area (Å²) in [7, 11) is 0. The van der Waals surface area contributed by atoms with Gasteiger partial charge in [0.2, 0.25) is 5.91 Å². The number of carbonyl (C=O) groups is 1. The van der Waals surface area contributed by atoms with Gasteiger partial charge in [0.25, 0.3) is 0 Å². The zero-order chi connectivity index (χ0) is 15.4. The number of nitrogens with one attached hydrogen (secondary N) is 1. The zero-order valence-corrected chi connectivity index (χ0v) is 11.9. The van der Waals surface area contributed by atoms with E-state index >= 15 is 0 Å². The number of amides is 1. The smallest absolute Gasteiger partial charge is 0.230 e. The van der Waals surface area contributed by atoms with Crippen LogP contribution in [0.25, 0.3) is 11.3 Å². The van der Waals surface area contributed by atoms with E-state index in [2.05, 4.69) is 21.7 Å². The van der Waals surface area contributed by atoms with Gasteiger partial charge >= 0.3 is 0 Å². The molecular formula is C16H15N5O. The summed E-state index contributed by atoms with van der Waals surface area (Å²) in [6, 6.07) is 13.3. The SMILES string of the molecule is N#CN1CCC(C(=O)Nc2ccc(-c3ccccc3)nn2)C1. The van der Waals surface area contributed by atoms with Crippen LogP contribution in [0.1, 0.15) is 6.42 Å². The van der Waals surface area contributed by atoms with E-state index in [1.165, 1.54) is 0 Å². The maximum absolute atomic E-state index is 12.1. The van der Waals surface area contributed by atoms with Crippen LogP contribution in [-0.4, -0.2) is 34.1 Å². The van der Waals surface area contributed by atoms with E-state index < -0.39 is 0 Å². The van der Waals surface area contributed by atoms with Crippen molar-refractivity contribution in [2.75, 3.05) is 18.4 Å². The topological polar surface area (TPSA) is 81.9 Å². The van der Waals surface area contributed by atoms with Gasteiger partial charge in [-0.1, -0.05) is 30.3 Å². The highest BCUT2D eigenvalue weighted by Crippen LogP contribution is 2.19. The van der Waals surface area contributed by atoms with Crippen LogP contribution in [0.5, 0.6) is 0 Å². The van der Waals surface area contributed by atoms with Crippen molar-refractivity contribution in [2.45, 2.75) is 6.42 Å². The van der Waals surface area contributed by atoms with Crippen LogP contribution in [0, 0.1) is 17.4 Å². The maximum atomic E-state index is 12.1. The van der Waals surface area contributed by atoms with Crippen molar-refractivity contribution in [3.05, 3.63) is 42.5 Å². The van der Waals surface area contributed by atoms with Gasteiger partial charge in [-0.05, 0) is 18.6 Å². The summed E-state index contributed by atoms with van der Waals surface area (Å²) >= 11 is 0. The van der Waals surface area contributed by atoms with Crippen LogP contribution >= 0.6 is 0 Å². The third kappa shape index (κ3) is 3.04. The van der Waals surface area contributed by atoms with Gasteiger partial charge in [-0.2, -0.15) is 5.26 Å². The first kappa shape index (κ1) is 14.0. The van der Waals surface area contributed by atoms with Gasteiger partial charge < -0.3 is 10.2 Å². The average Bonchev–Trinajstić information content (AvgIpc) is 3.06. The van der Waals surface area contributed by atoms with Crippen molar-refractivity contribution in [1.29, 1.82) is 5.26 Å². The summed E-state index contributed by atoms with van der Waals surface area (Å²) in [4.78, 5) is 13.7. The van der Waals surface area contributed by atoms with E-state index in [1.54, 1.807) is 11.0 Å². The Morgan fingerprint density at radius 2 is 2.05 bits per heavy atom. The maximum Gasteiger partial charge on any atom is 0.230 e. The molecule has 6 nitrogen and oxygen atoms in total. The number of likely N-dealkylation sites (tertiary alicyclic amines) is 1. The molecule has 1 unspecified atom stereocenters. The second-order valence-electron chi connectivity index (χ2n) is 5.19. The number of hydrogen-bond donors (Lipinski definition) is 1. The molecule has 1 aliphatic rings. The Kier molecular flexibility index (Phi) is 3.97. The highest BCUT2D eigenvalue weighted by Gasteiger charge is 2.27. The molecule has 1 N–H and O–H groups in total. The van der Waals surface area contributed by atoms with Gasteiger partial charge in [-0.15, -0.1) is 10.2 Å². The van der Waals surface area contributed by atoms with Gasteiger partial charge in [0, 0.05) is 18.7 Å². The third-order valence-electron chi connectivity index (χ3n) is 3.69. The second kappa shape index (κ2) is 6.22. The molecule has 2 heterocycles. The summed E-state index contributed by atoms with van der Waals surface area (Å²) < 4.78 is 0. The van der Waals surface area contributed by atoms with Crippen LogP contribution in [0.4, 0.5) is 5.82 Å². The molecule has 22 heavy (non-hydrogen) atoms. The Bertz CT molecular complexity index is 693. The van der Waals surface area contributed by atoms with E-state index in [9.17, 15) is 4.79 Å². The quantitative estimate of drug-likeness (QED) is 0.874. The lowest BCUT2D eigenvalue weighted by molar-refractivity contribution is -0.119. The van der Waals surface area contributed by atoms with E-state index in [4.69, 9.17) is 5.26 Å². The Morgan fingerprint density at radius 3 is 2.68 bits per heavy atom. The van der Waals surface area contributed by atoms with Crippen LogP contribution in [0.2, 0.25) is 0 Å². The zero-order valence-electron chi connectivity index (χ0n) is 11.9. The molecular weight excluding hydrogens is 278 g/mol. The van der Waals surface area contributed by atoms with Crippen molar-refractivity contribution < 1.29 is 4.79 Å². The molecule has 1 aromatic heterocycles. The van der Waals surface area contributed by atoms with Gasteiger partial charge in [-0.25, -0.2) is 0 Å². The van der Waals surface area contributed by atoms with Gasteiger partial charge in [0.1, 0.15) is 0 Å². The summed E-state index contributed by atoms with van der Waals surface area (Å²) in [5.74, 6) is 0.148. The van der Waals surface area contributed by atoms with Crippen molar-refractivity contribution >= 4 is 11.7 Å². The molecule has 110 valence electrons. The third-order valence-corrected chi connectivity index (χ3v) is 3.69. The molecule has 1 saturated heterocycles. The molecule has 6 heteroatoms. The molecule has 0 aliphatic carbocycles. The average molecular weight is 293 g/mol. The van der Waals surface area contributed by atoms with Crippen molar-refractivity contribution in [3.63, 3.8) is 0 Å². The van der Waals surface area contributed by atoms with Crippen LogP contribution < -0.4 is 5.32 Å². The minimum Gasteiger partial charge on any atom is -0.310 e. The normalized spacial score (nSPS) is 17.0. The number of nitrogens with zero attached hydrogens (tertiary/aromatic N) is 4. The summed E-state index contributed by atoms with van der Waals surface area (Å²) in [6.45, 7) is 1.10. The molecule has 0 bridgehead atoms. The number of carbonyl (C=O) groups excluding carboxylic acids is 1. The van der Waals surface area contributed by atoms with Crippen LogP contribution in [0.15, 0.2) is 42.5 Å². The number of hydrogen-bond acceptors (Lipinski definition) is 5. The Morgan fingerprint density at radius 1 is 1.23 bits per heavy atom. The lowest BCUT2D eigenvalue weighted by Gasteiger charge is -2.10. The van der Waals surface area contributed by atoms with Crippen LogP contribution in [-0.2, 0) is 4.79 Å². The predicted octanol–water partition coefficient (Wildman–Crippen LogP) is 1.89. The number of nitriles is 1.